The van der Waals surface area contributed by atoms with E-state index in [0.29, 0.717) is 5.92 Å². The number of carbonyl (C=O) groups is 1. The molecule has 1 aliphatic rings. The van der Waals surface area contributed by atoms with Gasteiger partial charge < -0.3 is 5.32 Å². The highest BCUT2D eigenvalue weighted by Crippen LogP contribution is 2.49. The summed E-state index contributed by atoms with van der Waals surface area (Å²) in [7, 11) is 0. The minimum absolute atomic E-state index is 0.112. The Hall–Kier alpha value is -1.74. The van der Waals surface area contributed by atoms with Crippen LogP contribution >= 0.6 is 11.8 Å². The molecule has 0 radical (unpaired) electrons. The largest absolute Gasteiger partial charge is 0.325 e. The van der Waals surface area contributed by atoms with Crippen molar-refractivity contribution < 1.29 is 4.79 Å². The number of para-hydroxylation sites is 1. The van der Waals surface area contributed by atoms with E-state index in [1.54, 1.807) is 11.8 Å². The lowest BCUT2D eigenvalue weighted by molar-refractivity contribution is -0.117. The summed E-state index contributed by atoms with van der Waals surface area (Å²) in [6.45, 7) is 2.12. The summed E-state index contributed by atoms with van der Waals surface area (Å²) < 4.78 is 0. The lowest BCUT2D eigenvalue weighted by atomic mass is 10.0. The van der Waals surface area contributed by atoms with Crippen LogP contribution in [0.5, 0.6) is 0 Å². The first-order valence-corrected chi connectivity index (χ1v) is 8.42. The molecule has 0 aliphatic heterocycles. The molecule has 1 amide bonds. The molecule has 1 saturated carbocycles. The van der Waals surface area contributed by atoms with Crippen LogP contribution in [0.15, 0.2) is 53.4 Å². The van der Waals surface area contributed by atoms with Crippen molar-refractivity contribution in [2.75, 3.05) is 11.6 Å². The van der Waals surface area contributed by atoms with Gasteiger partial charge in [-0.2, -0.15) is 0 Å². The fourth-order valence-corrected chi connectivity index (χ4v) is 3.36. The molecule has 0 bridgehead atoms. The van der Waals surface area contributed by atoms with Gasteiger partial charge in [0.05, 0.1) is 5.69 Å². The zero-order valence-corrected chi connectivity index (χ0v) is 13.1. The first-order valence-electron chi connectivity index (χ1n) is 7.20. The highest BCUT2D eigenvalue weighted by atomic mass is 32.2. The lowest BCUT2D eigenvalue weighted by Gasteiger charge is -2.09. The van der Waals surface area contributed by atoms with Crippen LogP contribution < -0.4 is 5.32 Å². The molecule has 108 valence electrons. The molecule has 2 unspecified atom stereocenters. The van der Waals surface area contributed by atoms with Crippen LogP contribution in [0.25, 0.3) is 0 Å². The van der Waals surface area contributed by atoms with E-state index in [9.17, 15) is 4.79 Å². The van der Waals surface area contributed by atoms with Crippen molar-refractivity contribution in [3.8, 4) is 0 Å². The van der Waals surface area contributed by atoms with Crippen molar-refractivity contribution >= 4 is 23.4 Å². The third kappa shape index (κ3) is 2.98. The Morgan fingerprint density at radius 1 is 1.14 bits per heavy atom. The maximum Gasteiger partial charge on any atom is 0.228 e. The van der Waals surface area contributed by atoms with Crippen LogP contribution in [-0.4, -0.2) is 12.2 Å². The van der Waals surface area contributed by atoms with Gasteiger partial charge in [0, 0.05) is 10.8 Å². The predicted octanol–water partition coefficient (Wildman–Crippen LogP) is 4.46. The third-order valence-electron chi connectivity index (χ3n) is 4.08. The molecule has 3 heteroatoms. The van der Waals surface area contributed by atoms with Crippen LogP contribution in [0.2, 0.25) is 0 Å². The normalized spacial score (nSPS) is 20.1. The Bertz CT molecular complexity index is 668. The Morgan fingerprint density at radius 2 is 1.86 bits per heavy atom. The van der Waals surface area contributed by atoms with Crippen molar-refractivity contribution in [1.29, 1.82) is 0 Å². The maximum absolute atomic E-state index is 12.4. The number of hydrogen-bond donors (Lipinski definition) is 1. The van der Waals surface area contributed by atoms with Gasteiger partial charge in [0.15, 0.2) is 0 Å². The summed E-state index contributed by atoms with van der Waals surface area (Å²) in [4.78, 5) is 13.5. The molecule has 1 N–H and O–H groups in total. The summed E-state index contributed by atoms with van der Waals surface area (Å²) in [5.74, 6) is 0.637. The molecule has 0 aromatic heterocycles. The van der Waals surface area contributed by atoms with Gasteiger partial charge in [0.2, 0.25) is 5.91 Å². The number of nitrogens with one attached hydrogen (secondary N) is 1. The number of thioether (sulfide) groups is 1. The summed E-state index contributed by atoms with van der Waals surface area (Å²) in [5.41, 5.74) is 3.52. The molecule has 0 heterocycles. The van der Waals surface area contributed by atoms with Gasteiger partial charge in [-0.1, -0.05) is 36.4 Å². The number of amides is 1. The van der Waals surface area contributed by atoms with E-state index in [1.165, 1.54) is 11.1 Å². The van der Waals surface area contributed by atoms with Crippen LogP contribution in [0.1, 0.15) is 23.5 Å². The molecule has 2 atom stereocenters. The molecule has 2 aromatic carbocycles. The summed E-state index contributed by atoms with van der Waals surface area (Å²) in [6, 6.07) is 16.3. The van der Waals surface area contributed by atoms with E-state index in [0.717, 1.165) is 17.0 Å². The Balaban J connectivity index is 1.70. The highest BCUT2D eigenvalue weighted by molar-refractivity contribution is 7.98. The summed E-state index contributed by atoms with van der Waals surface area (Å²) >= 11 is 1.65. The summed E-state index contributed by atoms with van der Waals surface area (Å²) in [5, 5.41) is 3.08. The number of carbonyl (C=O) groups excluding carboxylic acids is 1. The van der Waals surface area contributed by atoms with Gasteiger partial charge in [-0.3, -0.25) is 4.79 Å². The van der Waals surface area contributed by atoms with E-state index < -0.39 is 0 Å². The topological polar surface area (TPSA) is 29.1 Å². The van der Waals surface area contributed by atoms with E-state index in [4.69, 9.17) is 0 Å². The van der Waals surface area contributed by atoms with E-state index in [-0.39, 0.29) is 11.8 Å². The van der Waals surface area contributed by atoms with Crippen LogP contribution in [0.4, 0.5) is 5.69 Å². The van der Waals surface area contributed by atoms with Gasteiger partial charge in [-0.05, 0) is 48.8 Å². The molecule has 1 aliphatic carbocycles. The highest BCUT2D eigenvalue weighted by Gasteiger charge is 2.44. The molecule has 3 rings (SSSR count). The maximum atomic E-state index is 12.4. The molecular weight excluding hydrogens is 278 g/mol. The number of rotatable bonds is 4. The fraction of sp³-hybridized carbons (Fsp3) is 0.278. The smallest absolute Gasteiger partial charge is 0.228 e. The number of anilines is 1. The SMILES string of the molecule is CSc1ccccc1NC(=O)C1CC1c1ccccc1C. The fourth-order valence-electron chi connectivity index (χ4n) is 2.80. The zero-order chi connectivity index (χ0) is 14.8. The van der Waals surface area contributed by atoms with Gasteiger partial charge in [-0.25, -0.2) is 0 Å². The molecule has 21 heavy (non-hydrogen) atoms. The van der Waals surface area contributed by atoms with Gasteiger partial charge in [0.1, 0.15) is 0 Å². The van der Waals surface area contributed by atoms with Gasteiger partial charge in [-0.15, -0.1) is 11.8 Å². The molecule has 2 aromatic rings. The molecule has 0 saturated heterocycles. The van der Waals surface area contributed by atoms with E-state index in [2.05, 4.69) is 30.4 Å². The van der Waals surface area contributed by atoms with Crippen molar-refractivity contribution in [3.05, 3.63) is 59.7 Å². The molecule has 0 spiro atoms. The van der Waals surface area contributed by atoms with Crippen molar-refractivity contribution in [3.63, 3.8) is 0 Å². The zero-order valence-electron chi connectivity index (χ0n) is 12.3. The monoisotopic (exact) mass is 297 g/mol. The molecule has 1 fully saturated rings. The van der Waals surface area contributed by atoms with Gasteiger partial charge in [0.25, 0.3) is 0 Å². The quantitative estimate of drug-likeness (QED) is 0.844. The number of benzene rings is 2. The summed E-state index contributed by atoms with van der Waals surface area (Å²) in [6.07, 6.45) is 2.98. The second-order valence-electron chi connectivity index (χ2n) is 5.49. The van der Waals surface area contributed by atoms with Crippen LogP contribution in [0, 0.1) is 12.8 Å². The first kappa shape index (κ1) is 14.2. The minimum Gasteiger partial charge on any atom is -0.325 e. The first-order chi connectivity index (χ1) is 10.2. The number of aryl methyl sites for hydroxylation is 1. The number of hydrogen-bond acceptors (Lipinski definition) is 2. The van der Waals surface area contributed by atoms with E-state index >= 15 is 0 Å². The van der Waals surface area contributed by atoms with Gasteiger partial charge >= 0.3 is 0 Å². The Labute approximate surface area is 130 Å². The average Bonchev–Trinajstić information content (AvgIpc) is 3.29. The molecular formula is C18H19NOS. The lowest BCUT2D eigenvalue weighted by Crippen LogP contribution is -2.15. The van der Waals surface area contributed by atoms with Crippen molar-refractivity contribution in [2.24, 2.45) is 5.92 Å². The molecule has 2 nitrogen and oxygen atoms in total. The third-order valence-corrected chi connectivity index (χ3v) is 4.88. The minimum atomic E-state index is 0.112. The Morgan fingerprint density at radius 3 is 2.62 bits per heavy atom. The van der Waals surface area contributed by atoms with Crippen LogP contribution in [-0.2, 0) is 4.79 Å². The van der Waals surface area contributed by atoms with Crippen LogP contribution in [0.3, 0.4) is 0 Å². The van der Waals surface area contributed by atoms with Crippen molar-refractivity contribution in [2.45, 2.75) is 24.2 Å². The predicted molar refractivity (Wildman–Crippen MR) is 88.9 cm³/mol. The van der Waals surface area contributed by atoms with E-state index in [1.807, 2.05) is 36.6 Å². The second-order valence-corrected chi connectivity index (χ2v) is 6.34. The average molecular weight is 297 g/mol. The standard InChI is InChI=1S/C18H19NOS/c1-12-7-3-4-8-13(12)14-11-15(14)18(20)19-16-9-5-6-10-17(16)21-2/h3-10,14-15H,11H2,1-2H3,(H,19,20). The Kier molecular flexibility index (Phi) is 4.02. The van der Waals surface area contributed by atoms with Crippen molar-refractivity contribution in [1.82, 2.24) is 0 Å². The second kappa shape index (κ2) is 5.94.